The Morgan fingerprint density at radius 3 is 2.62 bits per heavy atom. The maximum atomic E-state index is 14.2. The van der Waals surface area contributed by atoms with Gasteiger partial charge in [-0.2, -0.15) is 0 Å². The number of alkyl halides is 1. The monoisotopic (exact) mass is 512 g/mol. The number of carbonyl (C=O) groups excluding carboxylic acids is 2. The largest absolute Gasteiger partial charge is 0.481 e. The van der Waals surface area contributed by atoms with Crippen LogP contribution in [0.5, 0.6) is 0 Å². The molecule has 1 saturated carbocycles. The van der Waals surface area contributed by atoms with Crippen molar-refractivity contribution in [2.75, 3.05) is 13.2 Å². The number of rotatable bonds is 8. The van der Waals surface area contributed by atoms with Crippen LogP contribution in [0.4, 0.5) is 0 Å². The van der Waals surface area contributed by atoms with E-state index >= 15 is 0 Å². The van der Waals surface area contributed by atoms with E-state index in [-0.39, 0.29) is 29.3 Å². The van der Waals surface area contributed by atoms with Crippen molar-refractivity contribution in [2.24, 2.45) is 11.8 Å². The minimum atomic E-state index is -1.20. The van der Waals surface area contributed by atoms with Crippen LogP contribution in [0.1, 0.15) is 51.9 Å². The number of hydrogen-bond acceptors (Lipinski definition) is 5. The molecule has 32 heavy (non-hydrogen) atoms. The Morgan fingerprint density at radius 1 is 1.38 bits per heavy atom. The average molecular weight is 513 g/mol. The lowest BCUT2D eigenvalue weighted by atomic mass is 9.70. The number of ether oxygens (including phenoxy) is 1. The van der Waals surface area contributed by atoms with Crippen molar-refractivity contribution in [2.45, 2.75) is 86.5 Å². The highest BCUT2D eigenvalue weighted by Gasteiger charge is 2.77. The molecular weight excluding hydrogens is 480 g/mol. The molecule has 1 aliphatic carbocycles. The van der Waals surface area contributed by atoms with Crippen molar-refractivity contribution in [3.8, 4) is 0 Å². The molecule has 9 heteroatoms. The summed E-state index contributed by atoms with van der Waals surface area (Å²) in [5.74, 6) is -3.63. The molecule has 2 bridgehead atoms. The third kappa shape index (κ3) is 3.42. The van der Waals surface area contributed by atoms with Crippen molar-refractivity contribution < 1.29 is 29.3 Å². The van der Waals surface area contributed by atoms with Crippen LogP contribution < -0.4 is 0 Å². The van der Waals surface area contributed by atoms with E-state index in [1.807, 2.05) is 11.8 Å². The van der Waals surface area contributed by atoms with Crippen LogP contribution >= 0.6 is 15.9 Å². The van der Waals surface area contributed by atoms with Gasteiger partial charge in [-0.1, -0.05) is 48.2 Å². The molecule has 8 nitrogen and oxygen atoms in total. The van der Waals surface area contributed by atoms with Crippen LogP contribution in [0.25, 0.3) is 0 Å². The summed E-state index contributed by atoms with van der Waals surface area (Å²) < 4.78 is 6.31. The summed E-state index contributed by atoms with van der Waals surface area (Å²) >= 11 is 3.56. The van der Waals surface area contributed by atoms with Gasteiger partial charge in [0.05, 0.1) is 30.6 Å². The van der Waals surface area contributed by atoms with E-state index in [0.717, 1.165) is 32.1 Å². The van der Waals surface area contributed by atoms with Gasteiger partial charge in [0, 0.05) is 17.4 Å². The standard InChI is InChI=1S/C23H33BrN2O6/c1-3-10-25(14-8-6-5-7-9-14)21(29)19-23-11-15(24)18(32-23)16(22(30)31)17(23)20(28)26(19)13(4-2)12-27/h3,13-19,27H,1,4-12H2,2H3,(H,30,31)/t13-,15?,16+,17-,18+,19?,23?/m0/s1. The number of likely N-dealkylation sites (tertiary alicyclic amines) is 1. The van der Waals surface area contributed by atoms with Crippen LogP contribution in [0, 0.1) is 11.8 Å². The van der Waals surface area contributed by atoms with Crippen LogP contribution in [0.3, 0.4) is 0 Å². The molecule has 3 aliphatic heterocycles. The van der Waals surface area contributed by atoms with Crippen molar-refractivity contribution in [3.63, 3.8) is 0 Å². The third-order valence-electron chi connectivity index (χ3n) is 7.95. The van der Waals surface area contributed by atoms with E-state index in [1.165, 1.54) is 4.90 Å². The van der Waals surface area contributed by atoms with E-state index in [2.05, 4.69) is 22.5 Å². The first kappa shape index (κ1) is 23.7. The SMILES string of the molecule is C=CCN(C(=O)C1N([C@@H](CC)CO)C(=O)[C@@H]2[C@@H](C(=O)O)[C@@H]3OC12CC3Br)C1CCCCC1. The Hall–Kier alpha value is -1.45. The maximum absolute atomic E-state index is 14.2. The van der Waals surface area contributed by atoms with Gasteiger partial charge < -0.3 is 24.7 Å². The number of nitrogens with zero attached hydrogens (tertiary/aromatic N) is 2. The normalized spacial score (nSPS) is 37.4. The third-order valence-corrected chi connectivity index (χ3v) is 8.79. The second kappa shape index (κ2) is 9.06. The molecule has 7 atom stereocenters. The molecule has 0 aromatic rings. The van der Waals surface area contributed by atoms with Gasteiger partial charge in [-0.05, 0) is 25.7 Å². The number of aliphatic hydroxyl groups is 1. The summed E-state index contributed by atoms with van der Waals surface area (Å²) in [5.41, 5.74) is -1.20. The zero-order chi connectivity index (χ0) is 23.2. The molecule has 0 aromatic carbocycles. The summed E-state index contributed by atoms with van der Waals surface area (Å²) in [7, 11) is 0. The minimum Gasteiger partial charge on any atom is -0.481 e. The summed E-state index contributed by atoms with van der Waals surface area (Å²) in [5, 5.41) is 20.0. The topological polar surface area (TPSA) is 107 Å². The van der Waals surface area contributed by atoms with Crippen LogP contribution in [0.15, 0.2) is 12.7 Å². The summed E-state index contributed by atoms with van der Waals surface area (Å²) in [6, 6.07) is -1.46. The molecule has 4 aliphatic rings. The van der Waals surface area contributed by atoms with Gasteiger partial charge >= 0.3 is 5.97 Å². The van der Waals surface area contributed by atoms with Crippen molar-refractivity contribution in [3.05, 3.63) is 12.7 Å². The Labute approximate surface area is 197 Å². The fraction of sp³-hybridized carbons (Fsp3) is 0.783. The van der Waals surface area contributed by atoms with Gasteiger partial charge in [0.25, 0.3) is 0 Å². The number of amides is 2. The number of carboxylic acids is 1. The van der Waals surface area contributed by atoms with Gasteiger partial charge in [-0.25, -0.2) is 0 Å². The Kier molecular flexibility index (Phi) is 6.71. The van der Waals surface area contributed by atoms with Crippen LogP contribution in [-0.4, -0.2) is 85.6 Å². The van der Waals surface area contributed by atoms with E-state index in [4.69, 9.17) is 4.74 Å². The lowest BCUT2D eigenvalue weighted by Crippen LogP contribution is -2.60. The highest BCUT2D eigenvalue weighted by atomic mass is 79.9. The average Bonchev–Trinajstić information content (AvgIpc) is 3.37. The van der Waals surface area contributed by atoms with Crippen molar-refractivity contribution in [1.29, 1.82) is 0 Å². The molecule has 3 saturated heterocycles. The Bertz CT molecular complexity index is 782. The number of carboxylic acid groups (broad SMARTS) is 1. The number of hydrogen-bond donors (Lipinski definition) is 2. The van der Waals surface area contributed by atoms with Gasteiger partial charge in [0.15, 0.2) is 0 Å². The molecule has 0 aromatic heterocycles. The Balaban J connectivity index is 1.79. The lowest BCUT2D eigenvalue weighted by Gasteiger charge is -2.42. The van der Waals surface area contributed by atoms with E-state index in [1.54, 1.807) is 6.08 Å². The molecule has 0 radical (unpaired) electrons. The number of halogens is 1. The van der Waals surface area contributed by atoms with Gasteiger partial charge in [-0.3, -0.25) is 14.4 Å². The van der Waals surface area contributed by atoms with Gasteiger partial charge in [-0.15, -0.1) is 6.58 Å². The molecule has 4 rings (SSSR count). The van der Waals surface area contributed by atoms with Crippen LogP contribution in [-0.2, 0) is 19.1 Å². The molecule has 2 N–H and O–H groups in total. The molecule has 3 heterocycles. The smallest absolute Gasteiger partial charge is 0.310 e. The number of fused-ring (bicyclic) bond motifs is 1. The highest BCUT2D eigenvalue weighted by Crippen LogP contribution is 2.60. The number of carbonyl (C=O) groups is 3. The fourth-order valence-corrected chi connectivity index (χ4v) is 7.49. The minimum absolute atomic E-state index is 0.0597. The molecule has 178 valence electrons. The molecular formula is C23H33BrN2O6. The fourth-order valence-electron chi connectivity index (χ4n) is 6.54. The summed E-state index contributed by atoms with van der Waals surface area (Å²) in [6.45, 7) is 5.76. The van der Waals surface area contributed by atoms with Gasteiger partial charge in [0.1, 0.15) is 11.6 Å². The molecule has 3 unspecified atom stereocenters. The van der Waals surface area contributed by atoms with E-state index in [9.17, 15) is 24.6 Å². The highest BCUT2D eigenvalue weighted by molar-refractivity contribution is 9.09. The zero-order valence-electron chi connectivity index (χ0n) is 18.5. The zero-order valence-corrected chi connectivity index (χ0v) is 20.1. The first-order valence-electron chi connectivity index (χ1n) is 11.7. The first-order valence-corrected chi connectivity index (χ1v) is 12.6. The predicted molar refractivity (Wildman–Crippen MR) is 120 cm³/mol. The first-order chi connectivity index (χ1) is 15.3. The molecule has 1 spiro atoms. The summed E-state index contributed by atoms with van der Waals surface area (Å²) in [4.78, 5) is 43.1. The van der Waals surface area contributed by atoms with E-state index < -0.39 is 41.6 Å². The molecule has 4 fully saturated rings. The second-order valence-electron chi connectivity index (χ2n) is 9.56. The Morgan fingerprint density at radius 2 is 2.06 bits per heavy atom. The van der Waals surface area contributed by atoms with Crippen LogP contribution in [0.2, 0.25) is 0 Å². The summed E-state index contributed by atoms with van der Waals surface area (Å²) in [6.07, 6.45) is 6.92. The van der Waals surface area contributed by atoms with E-state index in [0.29, 0.717) is 19.4 Å². The van der Waals surface area contributed by atoms with Crippen molar-refractivity contribution >= 4 is 33.7 Å². The quantitative estimate of drug-likeness (QED) is 0.380. The van der Waals surface area contributed by atoms with Gasteiger partial charge in [0.2, 0.25) is 11.8 Å². The second-order valence-corrected chi connectivity index (χ2v) is 10.7. The van der Waals surface area contributed by atoms with Crippen molar-refractivity contribution in [1.82, 2.24) is 9.80 Å². The lowest BCUT2D eigenvalue weighted by molar-refractivity contribution is -0.154. The molecule has 2 amide bonds. The number of aliphatic carboxylic acids is 1. The number of aliphatic hydroxyl groups excluding tert-OH is 1. The predicted octanol–water partition coefficient (Wildman–Crippen LogP) is 1.94. The maximum Gasteiger partial charge on any atom is 0.310 e.